The molecule has 4 aliphatic carbocycles. The SMILES string of the molecule is CC[C@H]1[C@@H](O)[C@@H]2[C@H](CC[C@]3(C)[C@@H]([C@H](C)CCC(=O)N4CCC[C@H]4CS(=O)(=O)[O-])CC[C@@H]23)[C@@]2(C)CC[C@@H](O)C[C@@H]12. The number of carbonyl (C=O) groups excluding carboxylic acids is 1. The van der Waals surface area contributed by atoms with Crippen molar-refractivity contribution in [3.63, 3.8) is 0 Å². The number of carbonyl (C=O) groups is 1. The minimum atomic E-state index is -4.35. The molecule has 0 aromatic heterocycles. The maximum absolute atomic E-state index is 13.1. The third-order valence-electron chi connectivity index (χ3n) is 13.1. The van der Waals surface area contributed by atoms with Crippen molar-refractivity contribution in [2.75, 3.05) is 12.3 Å². The van der Waals surface area contributed by atoms with Crippen LogP contribution in [0.4, 0.5) is 0 Å². The normalized spacial score (nSPS) is 46.8. The lowest BCUT2D eigenvalue weighted by Crippen LogP contribution is -2.62. The van der Waals surface area contributed by atoms with Crippen LogP contribution in [0.5, 0.6) is 0 Å². The first-order valence-electron chi connectivity index (χ1n) is 15.9. The minimum Gasteiger partial charge on any atom is -0.748 e. The van der Waals surface area contributed by atoms with Crippen molar-refractivity contribution in [3.8, 4) is 0 Å². The summed E-state index contributed by atoms with van der Waals surface area (Å²) in [5, 5.41) is 22.4. The number of likely N-dealkylation sites (tertiary alicyclic amines) is 1. The summed E-state index contributed by atoms with van der Waals surface area (Å²) in [6, 6.07) is -0.468. The fourth-order valence-corrected chi connectivity index (χ4v) is 12.0. The van der Waals surface area contributed by atoms with Gasteiger partial charge in [-0.2, -0.15) is 0 Å². The molecule has 1 aliphatic heterocycles. The van der Waals surface area contributed by atoms with Crippen LogP contribution in [0.25, 0.3) is 0 Å². The molecule has 5 fully saturated rings. The van der Waals surface area contributed by atoms with E-state index < -0.39 is 21.9 Å². The summed E-state index contributed by atoms with van der Waals surface area (Å²) in [6.45, 7) is 9.99. The average Bonchev–Trinajstić information content (AvgIpc) is 3.46. The van der Waals surface area contributed by atoms with Crippen LogP contribution in [0, 0.1) is 52.3 Å². The van der Waals surface area contributed by atoms with Gasteiger partial charge in [-0.15, -0.1) is 0 Å². The van der Waals surface area contributed by atoms with Gasteiger partial charge in [0.15, 0.2) is 0 Å². The van der Waals surface area contributed by atoms with E-state index in [1.807, 2.05) is 0 Å². The van der Waals surface area contributed by atoms with Gasteiger partial charge in [-0.25, -0.2) is 8.42 Å². The maximum atomic E-state index is 13.1. The molecule has 12 atom stereocenters. The van der Waals surface area contributed by atoms with Gasteiger partial charge in [0, 0.05) is 19.0 Å². The number of hydrogen-bond donors (Lipinski definition) is 2. The summed E-state index contributed by atoms with van der Waals surface area (Å²) in [4.78, 5) is 14.7. The van der Waals surface area contributed by atoms with Crippen molar-refractivity contribution < 1.29 is 28.0 Å². The molecule has 1 heterocycles. The zero-order valence-electron chi connectivity index (χ0n) is 24.6. The van der Waals surface area contributed by atoms with Crippen molar-refractivity contribution in [2.24, 2.45) is 52.3 Å². The number of aliphatic hydroxyl groups is 2. The lowest BCUT2D eigenvalue weighted by molar-refractivity contribution is -0.203. The number of aliphatic hydroxyl groups excluding tert-OH is 2. The van der Waals surface area contributed by atoms with Gasteiger partial charge < -0.3 is 19.7 Å². The first-order valence-corrected chi connectivity index (χ1v) is 17.5. The first-order chi connectivity index (χ1) is 18.3. The fraction of sp³-hybridized carbons (Fsp3) is 0.968. The molecule has 0 aromatic rings. The summed E-state index contributed by atoms with van der Waals surface area (Å²) in [5.41, 5.74) is 0.359. The molecule has 0 radical (unpaired) electrons. The van der Waals surface area contributed by atoms with Gasteiger partial charge in [0.05, 0.1) is 28.1 Å². The quantitative estimate of drug-likeness (QED) is 0.436. The zero-order valence-corrected chi connectivity index (χ0v) is 25.4. The zero-order chi connectivity index (χ0) is 28.3. The molecule has 0 bridgehead atoms. The van der Waals surface area contributed by atoms with Crippen molar-refractivity contribution >= 4 is 16.0 Å². The highest BCUT2D eigenvalue weighted by molar-refractivity contribution is 7.85. The van der Waals surface area contributed by atoms with Gasteiger partial charge in [-0.05, 0) is 116 Å². The molecule has 7 nitrogen and oxygen atoms in total. The molecule has 2 N–H and O–H groups in total. The van der Waals surface area contributed by atoms with E-state index >= 15 is 0 Å². The van der Waals surface area contributed by atoms with E-state index in [2.05, 4.69) is 27.7 Å². The number of fused-ring (bicyclic) bond motifs is 5. The molecule has 8 heteroatoms. The average molecular weight is 567 g/mol. The Morgan fingerprint density at radius 1 is 1.03 bits per heavy atom. The van der Waals surface area contributed by atoms with Gasteiger partial charge >= 0.3 is 0 Å². The van der Waals surface area contributed by atoms with E-state index in [4.69, 9.17) is 0 Å². The summed E-state index contributed by atoms with van der Waals surface area (Å²) >= 11 is 0. The summed E-state index contributed by atoms with van der Waals surface area (Å²) in [7, 11) is -4.35. The Morgan fingerprint density at radius 2 is 1.72 bits per heavy atom. The molecular formula is C31H52NO6S-. The van der Waals surface area contributed by atoms with Gasteiger partial charge in [-0.1, -0.05) is 34.1 Å². The van der Waals surface area contributed by atoms with Crippen LogP contribution in [0.2, 0.25) is 0 Å². The third-order valence-corrected chi connectivity index (χ3v) is 13.9. The van der Waals surface area contributed by atoms with Crippen molar-refractivity contribution in [3.05, 3.63) is 0 Å². The van der Waals surface area contributed by atoms with E-state index in [1.54, 1.807) is 4.90 Å². The predicted octanol–water partition coefficient (Wildman–Crippen LogP) is 4.57. The van der Waals surface area contributed by atoms with Gasteiger partial charge in [0.1, 0.15) is 0 Å². The molecule has 5 rings (SSSR count). The Bertz CT molecular complexity index is 1020. The molecule has 224 valence electrons. The Balaban J connectivity index is 1.27. The van der Waals surface area contributed by atoms with Gasteiger partial charge in [-0.3, -0.25) is 4.79 Å². The molecule has 1 amide bonds. The molecule has 1 saturated heterocycles. The third kappa shape index (κ3) is 5.23. The topological polar surface area (TPSA) is 118 Å². The highest BCUT2D eigenvalue weighted by Gasteiger charge is 2.64. The highest BCUT2D eigenvalue weighted by atomic mass is 32.2. The lowest BCUT2D eigenvalue weighted by atomic mass is 9.41. The van der Waals surface area contributed by atoms with Crippen LogP contribution in [0.3, 0.4) is 0 Å². The van der Waals surface area contributed by atoms with Crippen LogP contribution < -0.4 is 0 Å². The number of nitrogens with zero attached hydrogens (tertiary/aromatic N) is 1. The highest BCUT2D eigenvalue weighted by Crippen LogP contribution is 2.69. The Hall–Kier alpha value is -0.700. The number of amides is 1. The first kappa shape index (κ1) is 29.8. The largest absolute Gasteiger partial charge is 0.748 e. The van der Waals surface area contributed by atoms with E-state index in [0.717, 1.165) is 57.8 Å². The summed E-state index contributed by atoms with van der Waals surface area (Å²) < 4.78 is 34.0. The smallest absolute Gasteiger partial charge is 0.222 e. The predicted molar refractivity (Wildman–Crippen MR) is 149 cm³/mol. The second kappa shape index (κ2) is 10.9. The van der Waals surface area contributed by atoms with Gasteiger partial charge in [0.2, 0.25) is 5.91 Å². The van der Waals surface area contributed by atoms with Crippen LogP contribution >= 0.6 is 0 Å². The summed E-state index contributed by atoms with van der Waals surface area (Å²) in [5.74, 6) is 2.41. The second-order valence-electron chi connectivity index (χ2n) is 14.7. The molecule has 0 unspecified atom stereocenters. The Morgan fingerprint density at radius 3 is 2.41 bits per heavy atom. The second-order valence-corrected chi connectivity index (χ2v) is 16.2. The van der Waals surface area contributed by atoms with E-state index in [-0.39, 0.29) is 34.9 Å². The standard InChI is InChI=1S/C31H53NO6S/c1-5-22-26-17-21(33)12-14-31(26,4)25-13-15-30(3)23(9-10-24(30)28(25)29(22)35)19(2)8-11-27(34)32-16-6-7-20(32)18-39(36,37)38/h19-26,28-29,33,35H,5-18H2,1-4H3,(H,36,37,38)/p-1/t19-,20+,21-,22-,23-,24+,25+,26+,28+,29-,30-,31-/m1/s1. The fourth-order valence-electron chi connectivity index (χ4n) is 11.2. The lowest BCUT2D eigenvalue weighted by Gasteiger charge is -2.64. The number of hydrogen-bond acceptors (Lipinski definition) is 6. The van der Waals surface area contributed by atoms with Crippen molar-refractivity contribution in [1.82, 2.24) is 4.90 Å². The molecule has 39 heavy (non-hydrogen) atoms. The van der Waals surface area contributed by atoms with Crippen molar-refractivity contribution in [2.45, 2.75) is 123 Å². The van der Waals surface area contributed by atoms with Gasteiger partial charge in [0.25, 0.3) is 0 Å². The van der Waals surface area contributed by atoms with Crippen LogP contribution in [0.1, 0.15) is 105 Å². The monoisotopic (exact) mass is 566 g/mol. The van der Waals surface area contributed by atoms with Crippen LogP contribution in [-0.4, -0.2) is 64.5 Å². The van der Waals surface area contributed by atoms with Crippen molar-refractivity contribution in [1.29, 1.82) is 0 Å². The van der Waals surface area contributed by atoms with E-state index in [0.29, 0.717) is 54.9 Å². The molecule has 0 spiro atoms. The van der Waals surface area contributed by atoms with E-state index in [9.17, 15) is 28.0 Å². The van der Waals surface area contributed by atoms with Crippen LogP contribution in [0.15, 0.2) is 0 Å². The van der Waals surface area contributed by atoms with E-state index in [1.165, 1.54) is 6.42 Å². The maximum Gasteiger partial charge on any atom is 0.222 e. The van der Waals surface area contributed by atoms with Crippen LogP contribution in [-0.2, 0) is 14.9 Å². The summed E-state index contributed by atoms with van der Waals surface area (Å²) in [6.07, 6.45) is 10.4. The molecule has 0 aromatic carbocycles. The minimum absolute atomic E-state index is 0.0108. The number of rotatable bonds is 7. The molecule has 5 aliphatic rings. The Labute approximate surface area is 236 Å². The molecule has 4 saturated carbocycles. The molecular weight excluding hydrogens is 514 g/mol. The Kier molecular flexibility index (Phi) is 8.29.